The molecule has 0 amide bonds. The van der Waals surface area contributed by atoms with Crippen LogP contribution in [0.4, 0.5) is 11.5 Å². The molecule has 7 nitrogen and oxygen atoms in total. The molecular weight excluding hydrogens is 244 g/mol. The maximum atomic E-state index is 12.0. The standard InChI is InChI=1S/C9H16N4O3S/c1-6-8(10)9(12-11-6)13-17(14,15)7-2-4-16-5-3-7/h7H,2-5,10H2,1H3,(H2,11,12,13). The molecule has 0 radical (unpaired) electrons. The zero-order chi connectivity index (χ0) is 12.5. The minimum atomic E-state index is -3.44. The summed E-state index contributed by atoms with van der Waals surface area (Å²) in [6, 6.07) is 0. The molecule has 0 atom stereocenters. The van der Waals surface area contributed by atoms with Crippen LogP contribution in [0.25, 0.3) is 0 Å². The van der Waals surface area contributed by atoms with E-state index in [1.54, 1.807) is 6.92 Å². The molecule has 1 aliphatic rings. The first-order chi connectivity index (χ1) is 8.00. The Kier molecular flexibility index (Phi) is 3.25. The molecule has 2 rings (SSSR count). The zero-order valence-corrected chi connectivity index (χ0v) is 10.4. The van der Waals surface area contributed by atoms with Gasteiger partial charge in [0, 0.05) is 13.2 Å². The maximum Gasteiger partial charge on any atom is 0.237 e. The molecule has 0 aliphatic carbocycles. The van der Waals surface area contributed by atoms with Crippen LogP contribution in [0.5, 0.6) is 0 Å². The van der Waals surface area contributed by atoms with Gasteiger partial charge < -0.3 is 10.5 Å². The van der Waals surface area contributed by atoms with E-state index in [-0.39, 0.29) is 5.82 Å². The first-order valence-corrected chi connectivity index (χ1v) is 6.95. The highest BCUT2D eigenvalue weighted by atomic mass is 32.2. The van der Waals surface area contributed by atoms with Crippen molar-refractivity contribution in [2.24, 2.45) is 0 Å². The molecule has 1 aromatic rings. The van der Waals surface area contributed by atoms with Crippen LogP contribution >= 0.6 is 0 Å². The second-order valence-corrected chi connectivity index (χ2v) is 6.03. The highest BCUT2D eigenvalue weighted by Crippen LogP contribution is 2.23. The molecule has 96 valence electrons. The fourth-order valence-corrected chi connectivity index (χ4v) is 3.12. The van der Waals surface area contributed by atoms with E-state index >= 15 is 0 Å². The third-order valence-electron chi connectivity index (χ3n) is 2.84. The van der Waals surface area contributed by atoms with Gasteiger partial charge in [-0.25, -0.2) is 8.42 Å². The van der Waals surface area contributed by atoms with Crippen molar-refractivity contribution < 1.29 is 13.2 Å². The molecule has 8 heteroatoms. The number of aromatic amines is 1. The normalized spacial score (nSPS) is 18.2. The second-order valence-electron chi connectivity index (χ2n) is 4.07. The smallest absolute Gasteiger partial charge is 0.237 e. The Morgan fingerprint density at radius 2 is 2.12 bits per heavy atom. The summed E-state index contributed by atoms with van der Waals surface area (Å²) in [5, 5.41) is 6.02. The van der Waals surface area contributed by atoms with E-state index in [0.29, 0.717) is 37.4 Å². The van der Waals surface area contributed by atoms with Gasteiger partial charge in [0.2, 0.25) is 10.0 Å². The number of anilines is 2. The summed E-state index contributed by atoms with van der Waals surface area (Å²) in [4.78, 5) is 0. The van der Waals surface area contributed by atoms with Gasteiger partial charge in [0.15, 0.2) is 5.82 Å². The lowest BCUT2D eigenvalue weighted by Gasteiger charge is -2.22. The predicted molar refractivity (Wildman–Crippen MR) is 64.1 cm³/mol. The van der Waals surface area contributed by atoms with E-state index < -0.39 is 15.3 Å². The van der Waals surface area contributed by atoms with Crippen molar-refractivity contribution in [1.29, 1.82) is 0 Å². The van der Waals surface area contributed by atoms with Gasteiger partial charge in [-0.15, -0.1) is 0 Å². The summed E-state index contributed by atoms with van der Waals surface area (Å²) in [5.74, 6) is 0.175. The van der Waals surface area contributed by atoms with Crippen molar-refractivity contribution in [3.05, 3.63) is 5.69 Å². The molecule has 0 spiro atoms. The van der Waals surface area contributed by atoms with E-state index in [0.717, 1.165) is 0 Å². The Labute approximate surface area is 99.8 Å². The van der Waals surface area contributed by atoms with Crippen molar-refractivity contribution in [3.8, 4) is 0 Å². The average Bonchev–Trinajstić information content (AvgIpc) is 2.62. The Bertz CT molecular complexity index is 490. The van der Waals surface area contributed by atoms with Gasteiger partial charge in [0.1, 0.15) is 0 Å². The van der Waals surface area contributed by atoms with Crippen molar-refractivity contribution >= 4 is 21.5 Å². The molecule has 1 aromatic heterocycles. The summed E-state index contributed by atoms with van der Waals surface area (Å²) < 4.78 is 31.6. The highest BCUT2D eigenvalue weighted by molar-refractivity contribution is 7.93. The molecule has 0 unspecified atom stereocenters. The molecule has 17 heavy (non-hydrogen) atoms. The molecular formula is C9H16N4O3S. The number of rotatable bonds is 3. The predicted octanol–water partition coefficient (Wildman–Crippen LogP) is 0.221. The van der Waals surface area contributed by atoms with Crippen molar-refractivity contribution in [2.45, 2.75) is 25.0 Å². The zero-order valence-electron chi connectivity index (χ0n) is 9.56. The first-order valence-electron chi connectivity index (χ1n) is 5.40. The van der Waals surface area contributed by atoms with Crippen LogP contribution in [0.3, 0.4) is 0 Å². The Hall–Kier alpha value is -1.28. The van der Waals surface area contributed by atoms with Gasteiger partial charge in [0.05, 0.1) is 16.6 Å². The van der Waals surface area contributed by atoms with Crippen LogP contribution in [0.2, 0.25) is 0 Å². The van der Waals surface area contributed by atoms with Crippen LogP contribution in [-0.4, -0.2) is 37.1 Å². The van der Waals surface area contributed by atoms with Gasteiger partial charge >= 0.3 is 0 Å². The topological polar surface area (TPSA) is 110 Å². The monoisotopic (exact) mass is 260 g/mol. The third kappa shape index (κ3) is 2.52. The minimum Gasteiger partial charge on any atom is -0.394 e. The fraction of sp³-hybridized carbons (Fsp3) is 0.667. The lowest BCUT2D eigenvalue weighted by atomic mass is 10.2. The molecule has 0 bridgehead atoms. The Morgan fingerprint density at radius 3 is 2.65 bits per heavy atom. The van der Waals surface area contributed by atoms with Gasteiger partial charge in [0.25, 0.3) is 0 Å². The Balaban J connectivity index is 2.14. The number of H-pyrrole nitrogens is 1. The largest absolute Gasteiger partial charge is 0.394 e. The number of sulfonamides is 1. The van der Waals surface area contributed by atoms with Gasteiger partial charge in [-0.1, -0.05) is 0 Å². The fourth-order valence-electron chi connectivity index (χ4n) is 1.72. The number of aromatic nitrogens is 2. The molecule has 1 saturated heterocycles. The lowest BCUT2D eigenvalue weighted by molar-refractivity contribution is 0.0984. The van der Waals surface area contributed by atoms with E-state index in [1.807, 2.05) is 0 Å². The van der Waals surface area contributed by atoms with Crippen LogP contribution in [0, 0.1) is 6.92 Å². The van der Waals surface area contributed by atoms with Gasteiger partial charge in [-0.2, -0.15) is 5.10 Å². The lowest BCUT2D eigenvalue weighted by Crippen LogP contribution is -2.33. The van der Waals surface area contributed by atoms with Crippen molar-refractivity contribution in [1.82, 2.24) is 10.2 Å². The summed E-state index contributed by atoms with van der Waals surface area (Å²) in [7, 11) is -3.44. The van der Waals surface area contributed by atoms with Gasteiger partial charge in [-0.3, -0.25) is 9.82 Å². The summed E-state index contributed by atoms with van der Waals surface area (Å²) in [6.07, 6.45) is 0.997. The second kappa shape index (κ2) is 4.53. The van der Waals surface area contributed by atoms with Crippen LogP contribution < -0.4 is 10.5 Å². The minimum absolute atomic E-state index is 0.175. The number of nitrogens with one attached hydrogen (secondary N) is 2. The molecule has 4 N–H and O–H groups in total. The van der Waals surface area contributed by atoms with E-state index in [2.05, 4.69) is 14.9 Å². The van der Waals surface area contributed by atoms with Crippen LogP contribution in [0.1, 0.15) is 18.5 Å². The molecule has 1 fully saturated rings. The number of hydrogen-bond acceptors (Lipinski definition) is 5. The SMILES string of the molecule is Cc1[nH]nc(NS(=O)(=O)C2CCOCC2)c1N. The van der Waals surface area contributed by atoms with E-state index in [4.69, 9.17) is 10.5 Å². The van der Waals surface area contributed by atoms with Gasteiger partial charge in [-0.05, 0) is 19.8 Å². The average molecular weight is 260 g/mol. The molecule has 0 saturated carbocycles. The third-order valence-corrected chi connectivity index (χ3v) is 4.67. The van der Waals surface area contributed by atoms with Crippen molar-refractivity contribution in [2.75, 3.05) is 23.7 Å². The number of nitrogens with two attached hydrogens (primary N) is 1. The van der Waals surface area contributed by atoms with E-state index in [9.17, 15) is 8.42 Å². The summed E-state index contributed by atoms with van der Waals surface area (Å²) in [6.45, 7) is 2.68. The van der Waals surface area contributed by atoms with E-state index in [1.165, 1.54) is 0 Å². The number of ether oxygens (including phenoxy) is 1. The van der Waals surface area contributed by atoms with Crippen LogP contribution in [-0.2, 0) is 14.8 Å². The summed E-state index contributed by atoms with van der Waals surface area (Å²) >= 11 is 0. The number of aryl methyl sites for hydroxylation is 1. The maximum absolute atomic E-state index is 12.0. The number of hydrogen-bond donors (Lipinski definition) is 3. The molecule has 1 aliphatic heterocycles. The summed E-state index contributed by atoms with van der Waals surface area (Å²) in [5.41, 5.74) is 6.68. The molecule has 2 heterocycles. The van der Waals surface area contributed by atoms with Crippen molar-refractivity contribution in [3.63, 3.8) is 0 Å². The first kappa shape index (κ1) is 12.2. The quantitative estimate of drug-likeness (QED) is 0.720. The number of nitrogens with zero attached hydrogens (tertiary/aromatic N) is 1. The number of nitrogen functional groups attached to an aromatic ring is 1. The van der Waals surface area contributed by atoms with Crippen LogP contribution in [0.15, 0.2) is 0 Å². The Morgan fingerprint density at radius 1 is 1.47 bits per heavy atom. The molecule has 0 aromatic carbocycles. The highest BCUT2D eigenvalue weighted by Gasteiger charge is 2.28.